The van der Waals surface area contributed by atoms with Gasteiger partial charge in [0.15, 0.2) is 17.2 Å². The van der Waals surface area contributed by atoms with E-state index in [2.05, 4.69) is 9.73 Å². The third-order valence-corrected chi connectivity index (χ3v) is 3.67. The van der Waals surface area contributed by atoms with Crippen molar-refractivity contribution in [1.29, 1.82) is 0 Å². The number of rotatable bonds is 5. The van der Waals surface area contributed by atoms with E-state index in [-0.39, 0.29) is 23.1 Å². The maximum absolute atomic E-state index is 12.4. The second kappa shape index (κ2) is 7.53. The smallest absolute Gasteiger partial charge is 0.387 e. The van der Waals surface area contributed by atoms with Gasteiger partial charge in [0, 0.05) is 10.6 Å². The van der Waals surface area contributed by atoms with Crippen molar-refractivity contribution in [3.63, 3.8) is 0 Å². The van der Waals surface area contributed by atoms with Crippen LogP contribution >= 0.6 is 11.6 Å². The standard InChI is InChI=1S/C18H12ClF2NO4/c1-24-15-9-11(4-7-14(15)25-18(20)21)16-22-13(17(23)26-16)8-10-2-5-12(19)6-3-10/h2-9,18H,1H3/b13-8-. The highest BCUT2D eigenvalue weighted by molar-refractivity contribution is 6.30. The first kappa shape index (κ1) is 17.9. The second-order valence-electron chi connectivity index (χ2n) is 5.13. The number of carbonyl (C=O) groups is 1. The van der Waals surface area contributed by atoms with Crippen LogP contribution in [0.4, 0.5) is 8.78 Å². The van der Waals surface area contributed by atoms with Crippen molar-refractivity contribution in [2.45, 2.75) is 6.61 Å². The van der Waals surface area contributed by atoms with Crippen LogP contribution in [-0.4, -0.2) is 25.6 Å². The molecule has 0 aliphatic carbocycles. The first-order valence-corrected chi connectivity index (χ1v) is 7.75. The molecule has 0 atom stereocenters. The van der Waals surface area contributed by atoms with Crippen LogP contribution in [-0.2, 0) is 9.53 Å². The van der Waals surface area contributed by atoms with Gasteiger partial charge in [0.05, 0.1) is 7.11 Å². The van der Waals surface area contributed by atoms with Crippen molar-refractivity contribution in [3.05, 3.63) is 64.3 Å². The molecule has 0 radical (unpaired) electrons. The highest BCUT2D eigenvalue weighted by Gasteiger charge is 2.25. The molecule has 134 valence electrons. The van der Waals surface area contributed by atoms with E-state index in [0.717, 1.165) is 5.56 Å². The van der Waals surface area contributed by atoms with Crippen molar-refractivity contribution in [2.24, 2.45) is 4.99 Å². The minimum atomic E-state index is -2.98. The molecule has 0 N–H and O–H groups in total. The van der Waals surface area contributed by atoms with E-state index < -0.39 is 12.6 Å². The van der Waals surface area contributed by atoms with E-state index in [0.29, 0.717) is 10.6 Å². The van der Waals surface area contributed by atoms with Gasteiger partial charge in [-0.25, -0.2) is 9.79 Å². The number of hydrogen-bond donors (Lipinski definition) is 0. The fourth-order valence-electron chi connectivity index (χ4n) is 2.24. The quantitative estimate of drug-likeness (QED) is 0.574. The molecule has 26 heavy (non-hydrogen) atoms. The van der Waals surface area contributed by atoms with Crippen LogP contribution in [0.5, 0.6) is 11.5 Å². The van der Waals surface area contributed by atoms with Crippen LogP contribution < -0.4 is 9.47 Å². The number of halogens is 3. The molecule has 0 unspecified atom stereocenters. The fourth-order valence-corrected chi connectivity index (χ4v) is 2.37. The summed E-state index contributed by atoms with van der Waals surface area (Å²) in [4.78, 5) is 16.2. The Morgan fingerprint density at radius 2 is 1.88 bits per heavy atom. The summed E-state index contributed by atoms with van der Waals surface area (Å²) in [6.45, 7) is -2.98. The number of carbonyl (C=O) groups excluding carboxylic acids is 1. The topological polar surface area (TPSA) is 57.1 Å². The molecule has 8 heteroatoms. The van der Waals surface area contributed by atoms with Crippen LogP contribution in [0, 0.1) is 0 Å². The minimum absolute atomic E-state index is 0.0390. The average Bonchev–Trinajstić information content (AvgIpc) is 2.97. The monoisotopic (exact) mass is 379 g/mol. The lowest BCUT2D eigenvalue weighted by Crippen LogP contribution is -2.07. The van der Waals surface area contributed by atoms with E-state index in [9.17, 15) is 13.6 Å². The summed E-state index contributed by atoms with van der Waals surface area (Å²) in [6, 6.07) is 11.0. The van der Waals surface area contributed by atoms with Crippen molar-refractivity contribution >= 4 is 29.5 Å². The van der Waals surface area contributed by atoms with Crippen LogP contribution in [0.1, 0.15) is 11.1 Å². The molecule has 0 bridgehead atoms. The van der Waals surface area contributed by atoms with Crippen molar-refractivity contribution in [3.8, 4) is 11.5 Å². The van der Waals surface area contributed by atoms with Gasteiger partial charge in [-0.2, -0.15) is 8.78 Å². The zero-order valence-electron chi connectivity index (χ0n) is 13.4. The third kappa shape index (κ3) is 4.00. The van der Waals surface area contributed by atoms with Gasteiger partial charge in [0.25, 0.3) is 0 Å². The Hall–Kier alpha value is -2.93. The highest BCUT2D eigenvalue weighted by atomic mass is 35.5. The molecule has 1 aliphatic heterocycles. The predicted octanol–water partition coefficient (Wildman–Crippen LogP) is 4.29. The fraction of sp³-hybridized carbons (Fsp3) is 0.111. The van der Waals surface area contributed by atoms with Crippen LogP contribution in [0.2, 0.25) is 5.02 Å². The molecule has 0 amide bonds. The third-order valence-electron chi connectivity index (χ3n) is 3.42. The largest absolute Gasteiger partial charge is 0.493 e. The number of ether oxygens (including phenoxy) is 3. The summed E-state index contributed by atoms with van der Waals surface area (Å²) >= 11 is 5.82. The Balaban J connectivity index is 1.90. The molecule has 0 saturated heterocycles. The molecule has 5 nitrogen and oxygen atoms in total. The molecule has 1 aliphatic rings. The number of methoxy groups -OCH3 is 1. The summed E-state index contributed by atoms with van der Waals surface area (Å²) < 4.78 is 39.3. The average molecular weight is 380 g/mol. The molecule has 2 aromatic carbocycles. The van der Waals surface area contributed by atoms with Crippen molar-refractivity contribution in [2.75, 3.05) is 7.11 Å². The van der Waals surface area contributed by atoms with Gasteiger partial charge in [-0.15, -0.1) is 0 Å². The number of alkyl halides is 2. The van der Waals surface area contributed by atoms with Crippen LogP contribution in [0.15, 0.2) is 53.2 Å². The van der Waals surface area contributed by atoms with Gasteiger partial charge >= 0.3 is 12.6 Å². The normalized spacial score (nSPS) is 15.2. The van der Waals surface area contributed by atoms with Gasteiger partial charge in [-0.1, -0.05) is 23.7 Å². The van der Waals surface area contributed by atoms with Crippen LogP contribution in [0.25, 0.3) is 6.08 Å². The SMILES string of the molecule is COc1cc(C2=N/C(=C\c3ccc(Cl)cc3)C(=O)O2)ccc1OC(F)F. The van der Waals surface area contributed by atoms with E-state index in [1.807, 2.05) is 0 Å². The molecular formula is C18H12ClF2NO4. The highest BCUT2D eigenvalue weighted by Crippen LogP contribution is 2.31. The first-order chi connectivity index (χ1) is 12.5. The lowest BCUT2D eigenvalue weighted by molar-refractivity contribution is -0.129. The maximum Gasteiger partial charge on any atom is 0.387 e. The summed E-state index contributed by atoms with van der Waals surface area (Å²) in [7, 11) is 1.31. The minimum Gasteiger partial charge on any atom is -0.493 e. The molecule has 0 saturated carbocycles. The number of benzene rings is 2. The van der Waals surface area contributed by atoms with E-state index in [1.165, 1.54) is 25.3 Å². The van der Waals surface area contributed by atoms with Crippen molar-refractivity contribution < 1.29 is 27.8 Å². The molecular weight excluding hydrogens is 368 g/mol. The van der Waals surface area contributed by atoms with Gasteiger partial charge in [-0.05, 0) is 42.0 Å². The first-order valence-electron chi connectivity index (χ1n) is 7.37. The molecule has 0 aromatic heterocycles. The maximum atomic E-state index is 12.4. The van der Waals surface area contributed by atoms with Crippen molar-refractivity contribution in [1.82, 2.24) is 0 Å². The Bertz CT molecular complexity index is 895. The summed E-state index contributed by atoms with van der Waals surface area (Å²) in [6.07, 6.45) is 1.55. The van der Waals surface area contributed by atoms with Gasteiger partial charge in [0.2, 0.25) is 5.90 Å². The molecule has 0 spiro atoms. The number of aliphatic imine (C=N–C) groups is 1. The number of nitrogens with zero attached hydrogens (tertiary/aromatic N) is 1. The van der Waals surface area contributed by atoms with E-state index in [1.54, 1.807) is 30.3 Å². The Morgan fingerprint density at radius 1 is 1.15 bits per heavy atom. The Labute approximate surface area is 152 Å². The molecule has 2 aromatic rings. The summed E-state index contributed by atoms with van der Waals surface area (Å²) in [5.41, 5.74) is 1.22. The Kier molecular flexibility index (Phi) is 5.18. The zero-order chi connectivity index (χ0) is 18.7. The molecule has 0 fully saturated rings. The van der Waals surface area contributed by atoms with Gasteiger partial charge in [-0.3, -0.25) is 0 Å². The summed E-state index contributed by atoms with van der Waals surface area (Å²) in [5.74, 6) is -0.649. The lowest BCUT2D eigenvalue weighted by atomic mass is 10.2. The Morgan fingerprint density at radius 3 is 2.54 bits per heavy atom. The lowest BCUT2D eigenvalue weighted by Gasteiger charge is -2.10. The van der Waals surface area contributed by atoms with E-state index >= 15 is 0 Å². The number of cyclic esters (lactones) is 1. The summed E-state index contributed by atoms with van der Waals surface area (Å²) in [5, 5.41) is 0.573. The van der Waals surface area contributed by atoms with Gasteiger partial charge < -0.3 is 14.2 Å². The number of esters is 1. The van der Waals surface area contributed by atoms with Gasteiger partial charge in [0.1, 0.15) is 0 Å². The number of hydrogen-bond acceptors (Lipinski definition) is 5. The predicted molar refractivity (Wildman–Crippen MR) is 91.7 cm³/mol. The zero-order valence-corrected chi connectivity index (χ0v) is 14.2. The molecule has 1 heterocycles. The molecule has 3 rings (SSSR count). The van der Waals surface area contributed by atoms with E-state index in [4.69, 9.17) is 21.1 Å². The van der Waals surface area contributed by atoms with Crippen LogP contribution in [0.3, 0.4) is 0 Å². The second-order valence-corrected chi connectivity index (χ2v) is 5.57.